The highest BCUT2D eigenvalue weighted by molar-refractivity contribution is 5.99. The summed E-state index contributed by atoms with van der Waals surface area (Å²) in [6.07, 6.45) is 0.817. The Kier molecular flexibility index (Phi) is 1.83. The molecule has 0 aliphatic carbocycles. The first-order valence-corrected chi connectivity index (χ1v) is 5.05. The van der Waals surface area contributed by atoms with Gasteiger partial charge in [-0.3, -0.25) is 0 Å². The summed E-state index contributed by atoms with van der Waals surface area (Å²) >= 11 is 0. The molecule has 0 spiro atoms. The van der Waals surface area contributed by atoms with E-state index in [0.717, 1.165) is 17.4 Å². The van der Waals surface area contributed by atoms with Gasteiger partial charge in [-0.1, -0.05) is 18.2 Å². The molecule has 0 fully saturated rings. The van der Waals surface area contributed by atoms with Crippen LogP contribution in [0.15, 0.2) is 29.4 Å². The van der Waals surface area contributed by atoms with Crippen LogP contribution < -0.4 is 4.74 Å². The molecule has 0 aromatic heterocycles. The molecule has 0 saturated heterocycles. The van der Waals surface area contributed by atoms with E-state index in [1.54, 1.807) is 6.07 Å². The average Bonchev–Trinajstić information content (AvgIpc) is 2.33. The van der Waals surface area contributed by atoms with E-state index in [1.807, 2.05) is 12.1 Å². The van der Waals surface area contributed by atoms with Crippen molar-refractivity contribution in [3.63, 3.8) is 0 Å². The first kappa shape index (κ1) is 9.15. The molecule has 0 amide bonds. The second-order valence-corrected chi connectivity index (χ2v) is 3.77. The van der Waals surface area contributed by atoms with Crippen molar-refractivity contribution in [2.24, 2.45) is 5.18 Å². The molecule has 0 unspecified atom stereocenters. The quantitative estimate of drug-likeness (QED) is 0.744. The van der Waals surface area contributed by atoms with Crippen molar-refractivity contribution in [3.05, 3.63) is 34.7 Å². The minimum absolute atomic E-state index is 0.0292. The number of ether oxygens (including phenoxy) is 1. The van der Waals surface area contributed by atoms with Gasteiger partial charge in [0.2, 0.25) is 0 Å². The van der Waals surface area contributed by atoms with Crippen molar-refractivity contribution in [1.82, 2.24) is 0 Å². The minimum atomic E-state index is -0.0684. The van der Waals surface area contributed by atoms with Crippen LogP contribution in [0.25, 0.3) is 10.8 Å². The van der Waals surface area contributed by atoms with Crippen LogP contribution in [-0.2, 0) is 6.42 Å². The van der Waals surface area contributed by atoms with Gasteiger partial charge < -0.3 is 9.84 Å². The lowest BCUT2D eigenvalue weighted by molar-refractivity contribution is 0.318. The van der Waals surface area contributed by atoms with Crippen LogP contribution in [-0.4, -0.2) is 11.7 Å². The first-order valence-electron chi connectivity index (χ1n) is 5.05. The van der Waals surface area contributed by atoms with Crippen molar-refractivity contribution >= 4 is 16.5 Å². The number of nitroso groups, excluding NO2 is 1. The van der Waals surface area contributed by atoms with Gasteiger partial charge in [-0.25, -0.2) is 0 Å². The van der Waals surface area contributed by atoms with Crippen LogP contribution in [0.1, 0.15) is 5.56 Å². The summed E-state index contributed by atoms with van der Waals surface area (Å²) < 4.78 is 5.48. The third-order valence-electron chi connectivity index (χ3n) is 2.89. The third kappa shape index (κ3) is 1.10. The van der Waals surface area contributed by atoms with Gasteiger partial charge >= 0.3 is 0 Å². The fraction of sp³-hybridized carbons (Fsp3) is 0.167. The number of rotatable bonds is 1. The minimum Gasteiger partial charge on any atom is -0.505 e. The molecule has 3 rings (SSSR count). The highest BCUT2D eigenvalue weighted by atomic mass is 16.5. The topological polar surface area (TPSA) is 58.9 Å². The Morgan fingerprint density at radius 1 is 1.38 bits per heavy atom. The summed E-state index contributed by atoms with van der Waals surface area (Å²) in [7, 11) is 0. The van der Waals surface area contributed by atoms with Gasteiger partial charge in [-0.15, -0.1) is 4.91 Å². The maximum Gasteiger partial charge on any atom is 0.153 e. The summed E-state index contributed by atoms with van der Waals surface area (Å²) in [6.45, 7) is 0.592. The van der Waals surface area contributed by atoms with Crippen LogP contribution in [0.2, 0.25) is 0 Å². The fourth-order valence-corrected chi connectivity index (χ4v) is 2.15. The molecular weight excluding hydrogens is 206 g/mol. The van der Waals surface area contributed by atoms with Crippen LogP contribution in [0, 0.1) is 4.91 Å². The molecule has 1 aliphatic rings. The molecule has 0 atom stereocenters. The van der Waals surface area contributed by atoms with Gasteiger partial charge in [-0.2, -0.15) is 0 Å². The fourth-order valence-electron chi connectivity index (χ4n) is 2.15. The summed E-state index contributed by atoms with van der Waals surface area (Å²) in [5.74, 6) is 0.561. The van der Waals surface area contributed by atoms with Crippen LogP contribution in [0.3, 0.4) is 0 Å². The number of phenols is 1. The highest BCUT2D eigenvalue weighted by Gasteiger charge is 2.18. The monoisotopic (exact) mass is 215 g/mol. The van der Waals surface area contributed by atoms with E-state index in [-0.39, 0.29) is 11.4 Å². The largest absolute Gasteiger partial charge is 0.505 e. The lowest BCUT2D eigenvalue weighted by Gasteiger charge is -2.19. The Morgan fingerprint density at radius 2 is 2.25 bits per heavy atom. The smallest absolute Gasteiger partial charge is 0.153 e. The Hall–Kier alpha value is -2.10. The molecule has 1 heterocycles. The zero-order valence-electron chi connectivity index (χ0n) is 8.43. The van der Waals surface area contributed by atoms with Crippen molar-refractivity contribution in [2.75, 3.05) is 6.61 Å². The Labute approximate surface area is 91.4 Å². The number of hydrogen-bond acceptors (Lipinski definition) is 4. The number of phenolic OH excluding ortho intramolecular Hbond substituents is 1. The molecule has 16 heavy (non-hydrogen) atoms. The molecule has 1 N–H and O–H groups in total. The molecule has 2 aromatic carbocycles. The van der Waals surface area contributed by atoms with Gasteiger partial charge in [0, 0.05) is 23.3 Å². The van der Waals surface area contributed by atoms with E-state index in [1.165, 1.54) is 6.07 Å². The molecule has 0 saturated carbocycles. The number of aromatic hydroxyl groups is 1. The van der Waals surface area contributed by atoms with Gasteiger partial charge in [0.25, 0.3) is 0 Å². The summed E-state index contributed by atoms with van der Waals surface area (Å²) in [5.41, 5.74) is 1.16. The van der Waals surface area contributed by atoms with Gasteiger partial charge in [0.05, 0.1) is 6.61 Å². The van der Waals surface area contributed by atoms with E-state index in [2.05, 4.69) is 5.18 Å². The maximum atomic E-state index is 10.6. The van der Waals surface area contributed by atoms with Crippen molar-refractivity contribution < 1.29 is 9.84 Å². The van der Waals surface area contributed by atoms with Crippen molar-refractivity contribution in [1.29, 1.82) is 0 Å². The van der Waals surface area contributed by atoms with Crippen LogP contribution >= 0.6 is 0 Å². The van der Waals surface area contributed by atoms with E-state index in [0.29, 0.717) is 17.7 Å². The predicted molar refractivity (Wildman–Crippen MR) is 60.3 cm³/mol. The molecule has 4 heteroatoms. The predicted octanol–water partition coefficient (Wildman–Crippen LogP) is 2.88. The standard InChI is InChI=1S/C12H9NO3/c14-12-8-3-1-2-7-4-5-16-10(11(7)8)6-9(12)13-15/h1-3,6,14H,4-5H2. The molecule has 1 aliphatic heterocycles. The van der Waals surface area contributed by atoms with E-state index in [9.17, 15) is 10.0 Å². The average molecular weight is 215 g/mol. The van der Waals surface area contributed by atoms with Crippen LogP contribution in [0.5, 0.6) is 11.5 Å². The Morgan fingerprint density at radius 3 is 3.06 bits per heavy atom. The lowest BCUT2D eigenvalue weighted by atomic mass is 9.98. The van der Waals surface area contributed by atoms with E-state index >= 15 is 0 Å². The molecular formula is C12H9NO3. The zero-order valence-corrected chi connectivity index (χ0v) is 8.43. The van der Waals surface area contributed by atoms with Crippen molar-refractivity contribution in [3.8, 4) is 11.5 Å². The number of hydrogen-bond donors (Lipinski definition) is 1. The van der Waals surface area contributed by atoms with Gasteiger partial charge in [0.15, 0.2) is 11.4 Å². The normalized spacial score (nSPS) is 13.5. The van der Waals surface area contributed by atoms with E-state index in [4.69, 9.17) is 4.74 Å². The number of nitrogens with zero attached hydrogens (tertiary/aromatic N) is 1. The number of benzene rings is 2. The second kappa shape index (κ2) is 3.20. The van der Waals surface area contributed by atoms with Gasteiger partial charge in [-0.05, 0) is 10.7 Å². The first-order chi connectivity index (χ1) is 7.81. The molecule has 0 radical (unpaired) electrons. The zero-order chi connectivity index (χ0) is 11.1. The Balaban J connectivity index is 2.49. The molecule has 4 nitrogen and oxygen atoms in total. The Bertz CT molecular complexity index is 592. The molecule has 2 aromatic rings. The summed E-state index contributed by atoms with van der Waals surface area (Å²) in [4.78, 5) is 10.6. The molecule has 80 valence electrons. The molecule has 0 bridgehead atoms. The van der Waals surface area contributed by atoms with E-state index < -0.39 is 0 Å². The second-order valence-electron chi connectivity index (χ2n) is 3.77. The van der Waals surface area contributed by atoms with Gasteiger partial charge in [0.1, 0.15) is 5.75 Å². The maximum absolute atomic E-state index is 10.6. The summed E-state index contributed by atoms with van der Waals surface area (Å²) in [5, 5.41) is 14.2. The third-order valence-corrected chi connectivity index (χ3v) is 2.89. The SMILES string of the molecule is O=Nc1cc2c3c(cccc3c1O)CCO2. The van der Waals surface area contributed by atoms with Crippen molar-refractivity contribution in [2.45, 2.75) is 6.42 Å². The van der Waals surface area contributed by atoms with Crippen LogP contribution in [0.4, 0.5) is 5.69 Å². The lowest BCUT2D eigenvalue weighted by Crippen LogP contribution is -2.08. The highest BCUT2D eigenvalue weighted by Crippen LogP contribution is 2.43. The summed E-state index contributed by atoms with van der Waals surface area (Å²) in [6, 6.07) is 7.12.